The lowest BCUT2D eigenvalue weighted by Gasteiger charge is -2.14. The van der Waals surface area contributed by atoms with E-state index in [1.165, 1.54) is 0 Å². The van der Waals surface area contributed by atoms with E-state index < -0.39 is 23.5 Å². The second-order valence-corrected chi connectivity index (χ2v) is 5.28. The average molecular weight is 331 g/mol. The molecule has 0 bridgehead atoms. The highest BCUT2D eigenvalue weighted by molar-refractivity contribution is 6.32. The number of alkyl halides is 3. The summed E-state index contributed by atoms with van der Waals surface area (Å²) in [6.45, 7) is 0. The minimum atomic E-state index is -4.69. The van der Waals surface area contributed by atoms with Crippen LogP contribution in [-0.4, -0.2) is 11.1 Å². The molecule has 0 saturated carbocycles. The summed E-state index contributed by atoms with van der Waals surface area (Å²) in [5.41, 5.74) is -1.83. The smallest absolute Gasteiger partial charge is 0.417 e. The van der Waals surface area contributed by atoms with Crippen molar-refractivity contribution in [1.82, 2.24) is 0 Å². The molecule has 0 heterocycles. The van der Waals surface area contributed by atoms with Gasteiger partial charge in [-0.1, -0.05) is 11.6 Å². The second-order valence-electron chi connectivity index (χ2n) is 4.88. The molecule has 22 heavy (non-hydrogen) atoms. The Bertz CT molecular complexity index is 812. The first-order valence-electron chi connectivity index (χ1n) is 6.15. The maximum absolute atomic E-state index is 14.1. The SMILES string of the molecule is O=C(O)c1ccc(F)c2c1Cc1c(Cl)ccc(C(F)(F)F)c1-2. The fraction of sp³-hybridized carbons (Fsp3) is 0.133. The Morgan fingerprint density at radius 3 is 2.36 bits per heavy atom. The van der Waals surface area contributed by atoms with Crippen molar-refractivity contribution in [3.05, 3.63) is 57.4 Å². The zero-order chi connectivity index (χ0) is 16.2. The third-order valence-electron chi connectivity index (χ3n) is 3.66. The van der Waals surface area contributed by atoms with E-state index in [0.717, 1.165) is 24.3 Å². The average Bonchev–Trinajstić information content (AvgIpc) is 2.79. The third kappa shape index (κ3) is 2.06. The molecule has 0 fully saturated rings. The molecule has 3 rings (SSSR count). The van der Waals surface area contributed by atoms with Crippen molar-refractivity contribution in [2.45, 2.75) is 12.6 Å². The van der Waals surface area contributed by atoms with Gasteiger partial charge in [0.2, 0.25) is 0 Å². The molecule has 0 amide bonds. The fourth-order valence-corrected chi connectivity index (χ4v) is 2.99. The van der Waals surface area contributed by atoms with Gasteiger partial charge in [-0.3, -0.25) is 0 Å². The maximum atomic E-state index is 14.1. The van der Waals surface area contributed by atoms with Gasteiger partial charge in [-0.05, 0) is 35.4 Å². The minimum Gasteiger partial charge on any atom is -0.478 e. The van der Waals surface area contributed by atoms with Crippen molar-refractivity contribution in [2.24, 2.45) is 0 Å². The van der Waals surface area contributed by atoms with Gasteiger partial charge in [0.15, 0.2) is 0 Å². The Kier molecular flexibility index (Phi) is 3.18. The number of rotatable bonds is 1. The number of fused-ring (bicyclic) bond motifs is 3. The number of hydrogen-bond donors (Lipinski definition) is 1. The van der Waals surface area contributed by atoms with Gasteiger partial charge in [0, 0.05) is 22.6 Å². The van der Waals surface area contributed by atoms with Gasteiger partial charge in [0.25, 0.3) is 0 Å². The van der Waals surface area contributed by atoms with Crippen LogP contribution in [0, 0.1) is 5.82 Å². The van der Waals surface area contributed by atoms with Gasteiger partial charge in [0.05, 0.1) is 11.1 Å². The van der Waals surface area contributed by atoms with E-state index in [1.54, 1.807) is 0 Å². The monoisotopic (exact) mass is 330 g/mol. The van der Waals surface area contributed by atoms with Gasteiger partial charge < -0.3 is 5.11 Å². The Morgan fingerprint density at radius 1 is 1.09 bits per heavy atom. The Balaban J connectivity index is 2.41. The van der Waals surface area contributed by atoms with Crippen molar-refractivity contribution < 1.29 is 27.5 Å². The zero-order valence-corrected chi connectivity index (χ0v) is 11.5. The van der Waals surface area contributed by atoms with Crippen LogP contribution in [0.5, 0.6) is 0 Å². The molecule has 0 radical (unpaired) electrons. The molecule has 1 aliphatic rings. The number of hydrogen-bond acceptors (Lipinski definition) is 1. The van der Waals surface area contributed by atoms with Crippen LogP contribution in [-0.2, 0) is 12.6 Å². The quantitative estimate of drug-likeness (QED) is 0.653. The van der Waals surface area contributed by atoms with Crippen molar-refractivity contribution in [3.63, 3.8) is 0 Å². The molecule has 1 N–H and O–H groups in total. The summed E-state index contributed by atoms with van der Waals surface area (Å²) < 4.78 is 53.6. The summed E-state index contributed by atoms with van der Waals surface area (Å²) in [5, 5.41) is 9.19. The Morgan fingerprint density at radius 2 is 1.77 bits per heavy atom. The number of halogens is 5. The van der Waals surface area contributed by atoms with E-state index >= 15 is 0 Å². The van der Waals surface area contributed by atoms with E-state index in [0.29, 0.717) is 0 Å². The van der Waals surface area contributed by atoms with Gasteiger partial charge in [-0.25, -0.2) is 9.18 Å². The number of carboxylic acids is 1. The van der Waals surface area contributed by atoms with Crippen molar-refractivity contribution >= 4 is 17.6 Å². The first-order chi connectivity index (χ1) is 10.2. The highest BCUT2D eigenvalue weighted by atomic mass is 35.5. The van der Waals surface area contributed by atoms with E-state index in [2.05, 4.69) is 0 Å². The van der Waals surface area contributed by atoms with Crippen LogP contribution in [0.3, 0.4) is 0 Å². The standard InChI is InChI=1S/C15H7ClF4O2/c16-10-3-2-9(15(18,19)20)12-8(10)5-7-6(14(21)22)1-4-11(17)13(7)12/h1-4H,5H2,(H,21,22). The molecule has 2 aromatic carbocycles. The number of carbonyl (C=O) groups is 1. The lowest BCUT2D eigenvalue weighted by molar-refractivity contribution is -0.137. The fourth-order valence-electron chi connectivity index (χ4n) is 2.77. The molecule has 7 heteroatoms. The summed E-state index contributed by atoms with van der Waals surface area (Å²) in [5.74, 6) is -2.22. The molecule has 2 aromatic rings. The van der Waals surface area contributed by atoms with Crippen molar-refractivity contribution in [1.29, 1.82) is 0 Å². The number of benzene rings is 2. The van der Waals surface area contributed by atoms with Crippen molar-refractivity contribution in [2.75, 3.05) is 0 Å². The largest absolute Gasteiger partial charge is 0.478 e. The molecule has 0 aliphatic heterocycles. The van der Waals surface area contributed by atoms with Gasteiger partial charge >= 0.3 is 12.1 Å². The van der Waals surface area contributed by atoms with E-state index in [-0.39, 0.29) is 39.3 Å². The molecule has 2 nitrogen and oxygen atoms in total. The van der Waals surface area contributed by atoms with Gasteiger partial charge in [0.1, 0.15) is 5.82 Å². The van der Waals surface area contributed by atoms with Crippen LogP contribution >= 0.6 is 11.6 Å². The summed E-state index contributed by atoms with van der Waals surface area (Å²) >= 11 is 5.93. The second kappa shape index (κ2) is 4.71. The Hall–Kier alpha value is -2.08. The van der Waals surface area contributed by atoms with Crippen LogP contribution in [0.2, 0.25) is 5.02 Å². The predicted octanol–water partition coefficient (Wildman–Crippen LogP) is 4.77. The van der Waals surface area contributed by atoms with Crippen molar-refractivity contribution in [3.8, 4) is 11.1 Å². The highest BCUT2D eigenvalue weighted by Crippen LogP contribution is 2.49. The highest BCUT2D eigenvalue weighted by Gasteiger charge is 2.39. The summed E-state index contributed by atoms with van der Waals surface area (Å²) in [6.07, 6.45) is -4.84. The zero-order valence-electron chi connectivity index (χ0n) is 10.8. The van der Waals surface area contributed by atoms with E-state index in [9.17, 15) is 22.4 Å². The van der Waals surface area contributed by atoms with Crippen LogP contribution in [0.4, 0.5) is 17.6 Å². The third-order valence-corrected chi connectivity index (χ3v) is 4.01. The molecule has 0 unspecified atom stereocenters. The maximum Gasteiger partial charge on any atom is 0.417 e. The molecular weight excluding hydrogens is 324 g/mol. The number of aromatic carboxylic acids is 1. The van der Waals surface area contributed by atoms with Crippen LogP contribution < -0.4 is 0 Å². The lowest BCUT2D eigenvalue weighted by atomic mass is 9.97. The van der Waals surface area contributed by atoms with Gasteiger partial charge in [-0.2, -0.15) is 13.2 Å². The molecule has 0 spiro atoms. The lowest BCUT2D eigenvalue weighted by Crippen LogP contribution is -2.08. The molecule has 0 aromatic heterocycles. The summed E-state index contributed by atoms with van der Waals surface area (Å²) in [6, 6.07) is 3.78. The topological polar surface area (TPSA) is 37.3 Å². The first-order valence-corrected chi connectivity index (χ1v) is 6.53. The Labute approximate surface area is 126 Å². The van der Waals surface area contributed by atoms with E-state index in [4.69, 9.17) is 16.7 Å². The summed E-state index contributed by atoms with van der Waals surface area (Å²) in [4.78, 5) is 11.2. The van der Waals surface area contributed by atoms with E-state index in [1.807, 2.05) is 0 Å². The predicted molar refractivity (Wildman–Crippen MR) is 71.6 cm³/mol. The number of carboxylic acid groups (broad SMARTS) is 1. The van der Waals surface area contributed by atoms with Crippen LogP contribution in [0.15, 0.2) is 24.3 Å². The van der Waals surface area contributed by atoms with Gasteiger partial charge in [-0.15, -0.1) is 0 Å². The first kappa shape index (κ1) is 14.8. The molecule has 114 valence electrons. The minimum absolute atomic E-state index is 0.0149. The summed E-state index contributed by atoms with van der Waals surface area (Å²) in [7, 11) is 0. The molecule has 0 saturated heterocycles. The normalized spacial score (nSPS) is 13.0. The van der Waals surface area contributed by atoms with Crippen LogP contribution in [0.25, 0.3) is 11.1 Å². The van der Waals surface area contributed by atoms with Crippen LogP contribution in [0.1, 0.15) is 27.0 Å². The molecular formula is C15H7ClF4O2. The molecule has 1 aliphatic carbocycles. The molecule has 0 atom stereocenters.